The number of carbonyl (C=O) groups excluding carboxylic acids is 1. The number of thioether (sulfide) groups is 1. The Kier molecular flexibility index (Phi) is 7.18. The van der Waals surface area contributed by atoms with Crippen molar-refractivity contribution in [2.45, 2.75) is 35.8 Å². The lowest BCUT2D eigenvalue weighted by Crippen LogP contribution is -2.40. The van der Waals surface area contributed by atoms with Gasteiger partial charge in [0.25, 0.3) is 0 Å². The lowest BCUT2D eigenvalue weighted by molar-refractivity contribution is -0.156. The van der Waals surface area contributed by atoms with Crippen molar-refractivity contribution in [1.82, 2.24) is 9.96 Å². The second kappa shape index (κ2) is 9.63. The average Bonchev–Trinajstić information content (AvgIpc) is 2.81. The van der Waals surface area contributed by atoms with Gasteiger partial charge in [-0.1, -0.05) is 30.3 Å². The van der Waals surface area contributed by atoms with Crippen LogP contribution >= 0.6 is 11.8 Å². The number of hydroxylamine groups is 2. The van der Waals surface area contributed by atoms with Gasteiger partial charge in [0.05, 0.1) is 12.4 Å². The maximum absolute atomic E-state index is 13.5. The number of esters is 1. The molecule has 1 heterocycles. The zero-order chi connectivity index (χ0) is 21.0. The Bertz CT molecular complexity index is 828. The van der Waals surface area contributed by atoms with Gasteiger partial charge in [-0.05, 0) is 56.4 Å². The van der Waals surface area contributed by atoms with E-state index >= 15 is 0 Å². The van der Waals surface area contributed by atoms with E-state index in [0.29, 0.717) is 6.42 Å². The standard InChI is InChI=1S/C22H27N2O4S/c1-15(25)28-22-21(16-9-11-17(27-4)12-10-16)29-20-8-6-5-7-18(20)19(24(22)26)13-14-23(2)3/h5-12,19,21-22H,13-14H2,1-4H3/q-1. The second-order valence-corrected chi connectivity index (χ2v) is 8.50. The molecule has 7 heteroatoms. The highest BCUT2D eigenvalue weighted by Gasteiger charge is 2.36. The molecule has 2 aromatic rings. The first-order chi connectivity index (χ1) is 13.9. The molecule has 0 bridgehead atoms. The summed E-state index contributed by atoms with van der Waals surface area (Å²) in [5.74, 6) is 0.270. The van der Waals surface area contributed by atoms with Crippen LogP contribution in [0.5, 0.6) is 5.75 Å². The number of carbonyl (C=O) groups is 1. The van der Waals surface area contributed by atoms with E-state index in [2.05, 4.69) is 4.90 Å². The Hall–Kier alpha value is -2.06. The van der Waals surface area contributed by atoms with E-state index in [1.165, 1.54) is 6.92 Å². The summed E-state index contributed by atoms with van der Waals surface area (Å²) in [6.45, 7) is 2.10. The fourth-order valence-corrected chi connectivity index (χ4v) is 4.84. The topological polar surface area (TPSA) is 65.1 Å². The van der Waals surface area contributed by atoms with Crippen LogP contribution in [0.25, 0.3) is 0 Å². The van der Waals surface area contributed by atoms with Gasteiger partial charge in [-0.15, -0.1) is 11.8 Å². The minimum atomic E-state index is -0.926. The van der Waals surface area contributed by atoms with Crippen LogP contribution in [0.2, 0.25) is 0 Å². The number of fused-ring (bicyclic) bond motifs is 1. The van der Waals surface area contributed by atoms with Gasteiger partial charge in [0.1, 0.15) is 5.75 Å². The van der Waals surface area contributed by atoms with Crippen LogP contribution < -0.4 is 4.74 Å². The molecule has 156 valence electrons. The Morgan fingerprint density at radius 3 is 2.48 bits per heavy atom. The number of methoxy groups -OCH3 is 1. The molecule has 0 saturated heterocycles. The van der Waals surface area contributed by atoms with Gasteiger partial charge in [0, 0.05) is 17.9 Å². The summed E-state index contributed by atoms with van der Waals surface area (Å²) >= 11 is 1.56. The highest BCUT2D eigenvalue weighted by molar-refractivity contribution is 7.99. The van der Waals surface area contributed by atoms with Crippen molar-refractivity contribution in [3.63, 3.8) is 0 Å². The Balaban J connectivity index is 2.04. The Labute approximate surface area is 176 Å². The maximum Gasteiger partial charge on any atom is 0.304 e. The van der Waals surface area contributed by atoms with E-state index in [4.69, 9.17) is 9.47 Å². The molecule has 0 aromatic heterocycles. The van der Waals surface area contributed by atoms with Gasteiger partial charge in [0.15, 0.2) is 6.23 Å². The van der Waals surface area contributed by atoms with Gasteiger partial charge in [-0.2, -0.15) is 0 Å². The monoisotopic (exact) mass is 415 g/mol. The van der Waals surface area contributed by atoms with Crippen molar-refractivity contribution in [3.05, 3.63) is 64.9 Å². The third-order valence-corrected chi connectivity index (χ3v) is 6.31. The normalized spacial score (nSPS) is 22.1. The van der Waals surface area contributed by atoms with E-state index in [0.717, 1.165) is 33.4 Å². The summed E-state index contributed by atoms with van der Waals surface area (Å²) < 4.78 is 10.8. The summed E-state index contributed by atoms with van der Waals surface area (Å²) in [5, 5.41) is 14.2. The van der Waals surface area contributed by atoms with Gasteiger partial charge in [0.2, 0.25) is 0 Å². The summed E-state index contributed by atoms with van der Waals surface area (Å²) in [6.07, 6.45) is -0.285. The van der Waals surface area contributed by atoms with Crippen LogP contribution in [0.15, 0.2) is 53.4 Å². The van der Waals surface area contributed by atoms with E-state index < -0.39 is 18.2 Å². The fraction of sp³-hybridized carbons (Fsp3) is 0.409. The highest BCUT2D eigenvalue weighted by Crippen LogP contribution is 2.48. The third kappa shape index (κ3) is 5.11. The van der Waals surface area contributed by atoms with Crippen LogP contribution in [0.4, 0.5) is 0 Å². The van der Waals surface area contributed by atoms with E-state index in [1.54, 1.807) is 18.9 Å². The molecule has 0 amide bonds. The van der Waals surface area contributed by atoms with E-state index in [9.17, 15) is 10.0 Å². The number of hydrogen-bond donors (Lipinski definition) is 0. The van der Waals surface area contributed by atoms with E-state index in [1.807, 2.05) is 62.6 Å². The Morgan fingerprint density at radius 2 is 1.86 bits per heavy atom. The lowest BCUT2D eigenvalue weighted by Gasteiger charge is -2.43. The van der Waals surface area contributed by atoms with Crippen molar-refractivity contribution in [1.29, 1.82) is 0 Å². The predicted octanol–water partition coefficient (Wildman–Crippen LogP) is 4.22. The number of hydrogen-bond acceptors (Lipinski definition) is 7. The van der Waals surface area contributed by atoms with Crippen LogP contribution in [0.1, 0.15) is 35.8 Å². The molecular weight excluding hydrogens is 388 g/mol. The van der Waals surface area contributed by atoms with Crippen molar-refractivity contribution >= 4 is 17.7 Å². The van der Waals surface area contributed by atoms with Gasteiger partial charge in [-0.25, -0.2) is 0 Å². The fourth-order valence-electron chi connectivity index (χ4n) is 3.48. The number of ether oxygens (including phenoxy) is 2. The molecule has 3 atom stereocenters. The van der Waals surface area contributed by atoms with Crippen LogP contribution in [0.3, 0.4) is 0 Å². The molecule has 3 unspecified atom stereocenters. The number of benzene rings is 2. The number of rotatable bonds is 6. The molecule has 3 rings (SSSR count). The maximum atomic E-state index is 13.5. The van der Waals surface area contributed by atoms with Gasteiger partial charge >= 0.3 is 5.97 Å². The second-order valence-electron chi connectivity index (χ2n) is 7.32. The van der Waals surface area contributed by atoms with Gasteiger partial charge in [-0.3, -0.25) is 4.79 Å². The van der Waals surface area contributed by atoms with E-state index in [-0.39, 0.29) is 5.25 Å². The van der Waals surface area contributed by atoms with Crippen LogP contribution in [0, 0.1) is 5.21 Å². The smallest absolute Gasteiger partial charge is 0.304 e. The summed E-state index contributed by atoms with van der Waals surface area (Å²) in [7, 11) is 5.58. The largest absolute Gasteiger partial charge is 0.782 e. The van der Waals surface area contributed by atoms with Crippen LogP contribution in [-0.4, -0.2) is 49.9 Å². The SMILES string of the molecule is COc1ccc(C2Sc3ccccc3C(CCN(C)C)N([O-])C2OC(C)=O)cc1. The molecule has 1 aliphatic heterocycles. The molecule has 0 saturated carbocycles. The first kappa shape index (κ1) is 21.6. The quantitative estimate of drug-likeness (QED) is 0.654. The molecule has 29 heavy (non-hydrogen) atoms. The van der Waals surface area contributed by atoms with Crippen LogP contribution in [-0.2, 0) is 9.53 Å². The first-order valence-electron chi connectivity index (χ1n) is 9.57. The zero-order valence-corrected chi connectivity index (χ0v) is 18.0. The molecule has 2 aromatic carbocycles. The third-order valence-electron chi connectivity index (χ3n) is 4.93. The summed E-state index contributed by atoms with van der Waals surface area (Å²) in [6, 6.07) is 15.1. The minimum Gasteiger partial charge on any atom is -0.782 e. The molecule has 6 nitrogen and oxygen atoms in total. The molecule has 0 spiro atoms. The summed E-state index contributed by atoms with van der Waals surface area (Å²) in [4.78, 5) is 15.0. The minimum absolute atomic E-state index is 0.354. The van der Waals surface area contributed by atoms with Gasteiger partial charge < -0.3 is 24.6 Å². The summed E-state index contributed by atoms with van der Waals surface area (Å²) in [5.41, 5.74) is 1.88. The predicted molar refractivity (Wildman–Crippen MR) is 115 cm³/mol. The van der Waals surface area contributed by atoms with Crippen molar-refractivity contribution in [2.24, 2.45) is 0 Å². The lowest BCUT2D eigenvalue weighted by atomic mass is 10.0. The molecule has 0 N–H and O–H groups in total. The average molecular weight is 416 g/mol. The molecule has 1 aliphatic rings. The molecule has 0 radical (unpaired) electrons. The Morgan fingerprint density at radius 1 is 1.17 bits per heavy atom. The molecule has 0 aliphatic carbocycles. The highest BCUT2D eigenvalue weighted by atomic mass is 32.2. The molecule has 0 fully saturated rings. The number of nitrogens with zero attached hydrogens (tertiary/aromatic N) is 2. The first-order valence-corrected chi connectivity index (χ1v) is 10.5. The van der Waals surface area contributed by atoms with Crippen molar-refractivity contribution in [3.8, 4) is 5.75 Å². The molecular formula is C22H27N2O4S-. The zero-order valence-electron chi connectivity index (χ0n) is 17.2. The van der Waals surface area contributed by atoms with Crippen molar-refractivity contribution < 1.29 is 14.3 Å². The van der Waals surface area contributed by atoms with Crippen molar-refractivity contribution in [2.75, 3.05) is 27.7 Å².